The van der Waals surface area contributed by atoms with Crippen molar-refractivity contribution < 1.29 is 4.74 Å². The minimum absolute atomic E-state index is 0.121. The van der Waals surface area contributed by atoms with Crippen LogP contribution in [-0.2, 0) is 4.74 Å². The van der Waals surface area contributed by atoms with Crippen LogP contribution in [0.25, 0.3) is 10.8 Å². The van der Waals surface area contributed by atoms with Crippen LogP contribution in [0.4, 0.5) is 11.4 Å². The van der Waals surface area contributed by atoms with E-state index in [-0.39, 0.29) is 5.41 Å². The highest BCUT2D eigenvalue weighted by atomic mass is 16.5. The van der Waals surface area contributed by atoms with Crippen molar-refractivity contribution in [1.29, 1.82) is 0 Å². The van der Waals surface area contributed by atoms with Crippen molar-refractivity contribution in [2.24, 2.45) is 5.41 Å². The first-order chi connectivity index (χ1) is 10.0. The average Bonchev–Trinajstić information content (AvgIpc) is 2.48. The molecule has 1 saturated carbocycles. The molecule has 2 unspecified atom stereocenters. The maximum absolute atomic E-state index is 6.31. The topological polar surface area (TPSA) is 60.2 Å². The Morgan fingerprint density at radius 3 is 2.90 bits per heavy atom. The minimum atomic E-state index is 0.121. The van der Waals surface area contributed by atoms with Gasteiger partial charge in [0.2, 0.25) is 0 Å². The highest BCUT2D eigenvalue weighted by Gasteiger charge is 2.48. The van der Waals surface area contributed by atoms with Gasteiger partial charge in [0.05, 0.1) is 17.5 Å². The normalized spacial score (nSPS) is 23.8. The summed E-state index contributed by atoms with van der Waals surface area (Å²) in [5.74, 6) is 0. The summed E-state index contributed by atoms with van der Waals surface area (Å²) < 4.78 is 5.78. The number of nitrogen functional groups attached to an aromatic ring is 1. The highest BCUT2D eigenvalue weighted by molar-refractivity contribution is 5.98. The molecule has 3 N–H and O–H groups in total. The van der Waals surface area contributed by atoms with Gasteiger partial charge in [-0.1, -0.05) is 19.9 Å². The zero-order valence-corrected chi connectivity index (χ0v) is 12.9. The second-order valence-corrected chi connectivity index (χ2v) is 6.32. The molecule has 3 rings (SSSR count). The fourth-order valence-electron chi connectivity index (χ4n) is 3.12. The molecule has 4 nitrogen and oxygen atoms in total. The quantitative estimate of drug-likeness (QED) is 0.845. The van der Waals surface area contributed by atoms with Crippen LogP contribution < -0.4 is 11.1 Å². The summed E-state index contributed by atoms with van der Waals surface area (Å²) in [4.78, 5) is 4.13. The molecular formula is C17H23N3O. The Bertz CT molecular complexity index is 654. The van der Waals surface area contributed by atoms with E-state index in [0.29, 0.717) is 12.1 Å². The molecule has 1 aromatic heterocycles. The summed E-state index contributed by atoms with van der Waals surface area (Å²) in [6.07, 6.45) is 4.97. The Kier molecular flexibility index (Phi) is 3.49. The lowest BCUT2D eigenvalue weighted by molar-refractivity contribution is -0.0975. The lowest BCUT2D eigenvalue weighted by Crippen LogP contribution is -2.58. The molecule has 0 radical (unpaired) electrons. The number of ether oxygens (including phenoxy) is 1. The summed E-state index contributed by atoms with van der Waals surface area (Å²) in [7, 11) is 0. The van der Waals surface area contributed by atoms with E-state index in [9.17, 15) is 0 Å². The zero-order valence-electron chi connectivity index (χ0n) is 12.9. The Hall–Kier alpha value is -1.81. The maximum atomic E-state index is 6.31. The van der Waals surface area contributed by atoms with E-state index < -0.39 is 0 Å². The lowest BCUT2D eigenvalue weighted by atomic mass is 9.64. The first-order valence-electron chi connectivity index (χ1n) is 7.54. The Balaban J connectivity index is 1.82. The molecule has 0 saturated heterocycles. The van der Waals surface area contributed by atoms with Crippen molar-refractivity contribution in [1.82, 2.24) is 4.98 Å². The predicted octanol–water partition coefficient (Wildman–Crippen LogP) is 3.43. The number of nitrogens with one attached hydrogen (secondary N) is 1. The number of pyridine rings is 1. The molecule has 1 aliphatic rings. The van der Waals surface area contributed by atoms with Crippen molar-refractivity contribution in [2.75, 3.05) is 17.7 Å². The number of nitrogens with zero attached hydrogens (tertiary/aromatic N) is 1. The van der Waals surface area contributed by atoms with Gasteiger partial charge in [0.1, 0.15) is 0 Å². The van der Waals surface area contributed by atoms with Crippen LogP contribution in [0.3, 0.4) is 0 Å². The highest BCUT2D eigenvalue weighted by Crippen LogP contribution is 2.45. The molecule has 0 amide bonds. The second-order valence-electron chi connectivity index (χ2n) is 6.32. The van der Waals surface area contributed by atoms with Gasteiger partial charge in [-0.15, -0.1) is 0 Å². The van der Waals surface area contributed by atoms with Gasteiger partial charge < -0.3 is 15.8 Å². The van der Waals surface area contributed by atoms with Crippen LogP contribution in [-0.4, -0.2) is 23.7 Å². The Labute approximate surface area is 125 Å². The molecule has 2 atom stereocenters. The number of aromatic nitrogens is 1. The average molecular weight is 285 g/mol. The van der Waals surface area contributed by atoms with Gasteiger partial charge in [-0.05, 0) is 25.5 Å². The zero-order chi connectivity index (χ0) is 15.0. The Morgan fingerprint density at radius 2 is 2.19 bits per heavy atom. The van der Waals surface area contributed by atoms with Crippen LogP contribution in [0.15, 0.2) is 30.6 Å². The fourth-order valence-corrected chi connectivity index (χ4v) is 3.12. The van der Waals surface area contributed by atoms with Gasteiger partial charge >= 0.3 is 0 Å². The Morgan fingerprint density at radius 1 is 1.38 bits per heavy atom. The van der Waals surface area contributed by atoms with E-state index in [1.54, 1.807) is 6.20 Å². The van der Waals surface area contributed by atoms with Gasteiger partial charge in [0.15, 0.2) is 0 Å². The number of fused-ring (bicyclic) bond motifs is 1. The summed E-state index contributed by atoms with van der Waals surface area (Å²) in [5, 5.41) is 5.71. The largest absolute Gasteiger partial charge is 0.397 e. The molecule has 1 fully saturated rings. The maximum Gasteiger partial charge on any atom is 0.0665 e. The monoisotopic (exact) mass is 285 g/mol. The standard InChI is InChI=1S/C17H23N3O/c1-4-21-15-9-14(17(15,2)3)20-13-6-5-11-10-19-8-7-12(11)16(13)18/h5-8,10,14-15,20H,4,9,18H2,1-3H3. The van der Waals surface area contributed by atoms with Crippen LogP contribution in [0, 0.1) is 5.41 Å². The van der Waals surface area contributed by atoms with Crippen molar-refractivity contribution >= 4 is 22.1 Å². The molecule has 112 valence electrons. The number of benzene rings is 1. The molecular weight excluding hydrogens is 262 g/mol. The van der Waals surface area contributed by atoms with E-state index in [0.717, 1.165) is 35.2 Å². The third-order valence-corrected chi connectivity index (χ3v) is 4.74. The van der Waals surface area contributed by atoms with E-state index in [4.69, 9.17) is 10.5 Å². The van der Waals surface area contributed by atoms with Crippen molar-refractivity contribution in [2.45, 2.75) is 39.3 Å². The van der Waals surface area contributed by atoms with E-state index in [1.807, 2.05) is 25.3 Å². The number of nitrogens with two attached hydrogens (primary N) is 1. The van der Waals surface area contributed by atoms with Crippen LogP contribution in [0.1, 0.15) is 27.2 Å². The van der Waals surface area contributed by atoms with Gasteiger partial charge in [-0.2, -0.15) is 0 Å². The lowest BCUT2D eigenvalue weighted by Gasteiger charge is -2.52. The molecule has 0 aliphatic heterocycles. The molecule has 1 aromatic carbocycles. The number of rotatable bonds is 4. The number of hydrogen-bond acceptors (Lipinski definition) is 4. The summed E-state index contributed by atoms with van der Waals surface area (Å²) in [5.41, 5.74) is 8.23. The van der Waals surface area contributed by atoms with Crippen LogP contribution in [0.2, 0.25) is 0 Å². The van der Waals surface area contributed by atoms with Gasteiger partial charge in [0, 0.05) is 41.2 Å². The number of anilines is 2. The van der Waals surface area contributed by atoms with Crippen molar-refractivity contribution in [3.8, 4) is 0 Å². The van der Waals surface area contributed by atoms with Gasteiger partial charge in [0.25, 0.3) is 0 Å². The smallest absolute Gasteiger partial charge is 0.0665 e. The van der Waals surface area contributed by atoms with Gasteiger partial charge in [-0.3, -0.25) is 4.98 Å². The van der Waals surface area contributed by atoms with Gasteiger partial charge in [-0.25, -0.2) is 0 Å². The van der Waals surface area contributed by atoms with Crippen molar-refractivity contribution in [3.63, 3.8) is 0 Å². The SMILES string of the molecule is CCOC1CC(Nc2ccc3cnccc3c2N)C1(C)C. The predicted molar refractivity (Wildman–Crippen MR) is 87.4 cm³/mol. The van der Waals surface area contributed by atoms with Crippen LogP contribution in [0.5, 0.6) is 0 Å². The third kappa shape index (κ3) is 2.33. The fraction of sp³-hybridized carbons (Fsp3) is 0.471. The number of hydrogen-bond donors (Lipinski definition) is 2. The summed E-state index contributed by atoms with van der Waals surface area (Å²) >= 11 is 0. The van der Waals surface area contributed by atoms with E-state index in [1.165, 1.54) is 0 Å². The third-order valence-electron chi connectivity index (χ3n) is 4.74. The van der Waals surface area contributed by atoms with Crippen LogP contribution >= 0.6 is 0 Å². The second kappa shape index (κ2) is 5.19. The molecule has 1 aliphatic carbocycles. The van der Waals surface area contributed by atoms with E-state index in [2.05, 4.69) is 30.2 Å². The van der Waals surface area contributed by atoms with E-state index >= 15 is 0 Å². The first-order valence-corrected chi connectivity index (χ1v) is 7.54. The van der Waals surface area contributed by atoms with Crippen molar-refractivity contribution in [3.05, 3.63) is 30.6 Å². The first kappa shape index (κ1) is 14.1. The molecule has 2 aromatic rings. The summed E-state index contributed by atoms with van der Waals surface area (Å²) in [6, 6.07) is 6.46. The molecule has 4 heteroatoms. The minimum Gasteiger partial charge on any atom is -0.397 e. The molecule has 0 bridgehead atoms. The summed E-state index contributed by atoms with van der Waals surface area (Å²) in [6.45, 7) is 7.31. The molecule has 21 heavy (non-hydrogen) atoms. The molecule has 1 heterocycles. The molecule has 0 spiro atoms.